The number of hydrogen-bond acceptors (Lipinski definition) is 4. The normalized spacial score (nSPS) is 10.7. The molecule has 0 fully saturated rings. The number of methoxy groups -OCH3 is 2. The number of carbonyl (C=O) groups excluding carboxylic acids is 1. The maximum atomic E-state index is 13.3. The van der Waals surface area contributed by atoms with E-state index in [0.717, 1.165) is 27.7 Å². The van der Waals surface area contributed by atoms with E-state index in [2.05, 4.69) is 36.5 Å². The van der Waals surface area contributed by atoms with Crippen LogP contribution in [-0.2, 0) is 0 Å². The van der Waals surface area contributed by atoms with Gasteiger partial charge in [-0.05, 0) is 25.5 Å². The quantitative estimate of drug-likeness (QED) is 0.451. The van der Waals surface area contributed by atoms with E-state index in [1.165, 1.54) is 5.56 Å². The van der Waals surface area contributed by atoms with Crippen molar-refractivity contribution >= 4 is 22.5 Å². The van der Waals surface area contributed by atoms with E-state index >= 15 is 0 Å². The van der Waals surface area contributed by atoms with E-state index in [1.807, 2.05) is 31.2 Å². The van der Waals surface area contributed by atoms with Crippen LogP contribution < -0.4 is 14.8 Å². The van der Waals surface area contributed by atoms with Crippen LogP contribution in [0.5, 0.6) is 11.5 Å². The maximum absolute atomic E-state index is 13.3. The molecule has 4 rings (SSSR count). The summed E-state index contributed by atoms with van der Waals surface area (Å²) < 4.78 is 10.6. The molecular weight excluding hydrogens is 388 g/mol. The number of aromatic nitrogens is 1. The van der Waals surface area contributed by atoms with Crippen molar-refractivity contribution in [2.75, 3.05) is 19.5 Å². The van der Waals surface area contributed by atoms with Gasteiger partial charge in [0.2, 0.25) is 0 Å². The van der Waals surface area contributed by atoms with Gasteiger partial charge in [-0.1, -0.05) is 48.0 Å². The first kappa shape index (κ1) is 20.4. The van der Waals surface area contributed by atoms with Crippen LogP contribution in [0.3, 0.4) is 0 Å². The van der Waals surface area contributed by atoms with Crippen molar-refractivity contribution in [3.8, 4) is 22.6 Å². The summed E-state index contributed by atoms with van der Waals surface area (Å²) in [5.74, 6) is 0.992. The average Bonchev–Trinajstić information content (AvgIpc) is 2.78. The zero-order valence-corrected chi connectivity index (χ0v) is 18.0. The van der Waals surface area contributed by atoms with Crippen molar-refractivity contribution in [2.45, 2.75) is 13.8 Å². The Morgan fingerprint density at radius 3 is 2.19 bits per heavy atom. The van der Waals surface area contributed by atoms with Gasteiger partial charge in [-0.3, -0.25) is 9.78 Å². The molecular formula is C26H24N2O3. The number of aryl methyl sites for hydroxylation is 2. The first-order valence-corrected chi connectivity index (χ1v) is 10.0. The van der Waals surface area contributed by atoms with Crippen molar-refractivity contribution in [2.24, 2.45) is 0 Å². The summed E-state index contributed by atoms with van der Waals surface area (Å²) in [6, 6.07) is 21.3. The summed E-state index contributed by atoms with van der Waals surface area (Å²) >= 11 is 0. The van der Waals surface area contributed by atoms with Gasteiger partial charge < -0.3 is 14.8 Å². The third-order valence-electron chi connectivity index (χ3n) is 5.18. The molecule has 0 aliphatic heterocycles. The molecule has 0 aliphatic carbocycles. The number of pyridine rings is 1. The Labute approximate surface area is 181 Å². The molecule has 0 bridgehead atoms. The third kappa shape index (κ3) is 4.21. The molecule has 1 N–H and O–H groups in total. The second kappa shape index (κ2) is 8.48. The van der Waals surface area contributed by atoms with Crippen LogP contribution in [0.4, 0.5) is 5.69 Å². The summed E-state index contributed by atoms with van der Waals surface area (Å²) in [5.41, 5.74) is 6.01. The summed E-state index contributed by atoms with van der Waals surface area (Å²) in [4.78, 5) is 18.0. The minimum absolute atomic E-state index is 0.216. The van der Waals surface area contributed by atoms with E-state index in [9.17, 15) is 4.79 Å². The maximum Gasteiger partial charge on any atom is 0.256 e. The Morgan fingerprint density at radius 1 is 0.871 bits per heavy atom. The average molecular weight is 412 g/mol. The number of hydrogen-bond donors (Lipinski definition) is 1. The molecule has 3 aromatic carbocycles. The number of anilines is 1. The number of nitrogens with zero attached hydrogens (tertiary/aromatic N) is 1. The van der Waals surface area contributed by atoms with E-state index < -0.39 is 0 Å². The van der Waals surface area contributed by atoms with Gasteiger partial charge in [0.25, 0.3) is 5.91 Å². The topological polar surface area (TPSA) is 60.5 Å². The summed E-state index contributed by atoms with van der Waals surface area (Å²) in [6.45, 7) is 3.96. The monoisotopic (exact) mass is 412 g/mol. The van der Waals surface area contributed by atoms with Crippen molar-refractivity contribution in [3.63, 3.8) is 0 Å². The van der Waals surface area contributed by atoms with Crippen LogP contribution in [0.15, 0.2) is 66.7 Å². The van der Waals surface area contributed by atoms with Crippen molar-refractivity contribution in [3.05, 3.63) is 83.6 Å². The van der Waals surface area contributed by atoms with Crippen LogP contribution in [0.25, 0.3) is 22.0 Å². The highest BCUT2D eigenvalue weighted by atomic mass is 16.5. The number of nitrogens with one attached hydrogen (secondary N) is 1. The molecule has 0 spiro atoms. The highest BCUT2D eigenvalue weighted by Crippen LogP contribution is 2.31. The lowest BCUT2D eigenvalue weighted by atomic mass is 9.98. The molecule has 1 heterocycles. The summed E-state index contributed by atoms with van der Waals surface area (Å²) in [6.07, 6.45) is 0. The molecule has 31 heavy (non-hydrogen) atoms. The predicted molar refractivity (Wildman–Crippen MR) is 124 cm³/mol. The van der Waals surface area contributed by atoms with Crippen LogP contribution in [0.2, 0.25) is 0 Å². The highest BCUT2D eigenvalue weighted by molar-refractivity contribution is 6.14. The molecule has 156 valence electrons. The van der Waals surface area contributed by atoms with Crippen molar-refractivity contribution < 1.29 is 14.3 Å². The fourth-order valence-corrected chi connectivity index (χ4v) is 3.61. The number of amides is 1. The molecule has 0 saturated heterocycles. The predicted octanol–water partition coefficient (Wildman–Crippen LogP) is 5.79. The summed E-state index contributed by atoms with van der Waals surface area (Å²) in [7, 11) is 3.15. The second-order valence-corrected chi connectivity index (χ2v) is 7.43. The molecule has 5 nitrogen and oxygen atoms in total. The van der Waals surface area contributed by atoms with Gasteiger partial charge in [0.1, 0.15) is 11.5 Å². The Hall–Kier alpha value is -3.86. The number of para-hydroxylation sites is 1. The number of carbonyl (C=O) groups is 1. The lowest BCUT2D eigenvalue weighted by molar-refractivity contribution is 0.102. The Kier molecular flexibility index (Phi) is 5.58. The van der Waals surface area contributed by atoms with Gasteiger partial charge in [-0.15, -0.1) is 0 Å². The smallest absolute Gasteiger partial charge is 0.256 e. The molecule has 0 aliphatic rings. The first-order chi connectivity index (χ1) is 15.0. The van der Waals surface area contributed by atoms with Crippen LogP contribution in [0, 0.1) is 13.8 Å². The summed E-state index contributed by atoms with van der Waals surface area (Å²) in [5, 5.41) is 3.77. The lowest BCUT2D eigenvalue weighted by Gasteiger charge is -2.13. The van der Waals surface area contributed by atoms with E-state index in [-0.39, 0.29) is 5.91 Å². The fraction of sp³-hybridized carbons (Fsp3) is 0.154. The lowest BCUT2D eigenvalue weighted by Crippen LogP contribution is -2.13. The molecule has 1 amide bonds. The van der Waals surface area contributed by atoms with Crippen molar-refractivity contribution in [1.29, 1.82) is 0 Å². The van der Waals surface area contributed by atoms with Crippen LogP contribution in [0.1, 0.15) is 21.6 Å². The molecule has 0 unspecified atom stereocenters. The second-order valence-electron chi connectivity index (χ2n) is 7.43. The van der Waals surface area contributed by atoms with E-state index in [4.69, 9.17) is 14.5 Å². The first-order valence-electron chi connectivity index (χ1n) is 10.0. The zero-order valence-electron chi connectivity index (χ0n) is 18.0. The molecule has 4 aromatic rings. The number of fused-ring (bicyclic) bond motifs is 1. The van der Waals surface area contributed by atoms with Crippen LogP contribution in [-0.4, -0.2) is 25.1 Å². The molecule has 0 atom stereocenters. The van der Waals surface area contributed by atoms with Gasteiger partial charge in [0.05, 0.1) is 25.3 Å². The van der Waals surface area contributed by atoms with Crippen molar-refractivity contribution in [1.82, 2.24) is 4.98 Å². The fourth-order valence-electron chi connectivity index (χ4n) is 3.61. The Morgan fingerprint density at radius 2 is 1.55 bits per heavy atom. The Balaban J connectivity index is 1.78. The SMILES string of the molecule is COc1cc(NC(=O)c2cc(C)nc3c(-c4ccc(C)cc4)cccc23)cc(OC)c1. The van der Waals surface area contributed by atoms with Gasteiger partial charge in [0.15, 0.2) is 0 Å². The van der Waals surface area contributed by atoms with Gasteiger partial charge in [-0.25, -0.2) is 0 Å². The van der Waals surface area contributed by atoms with Gasteiger partial charge >= 0.3 is 0 Å². The molecule has 1 aromatic heterocycles. The minimum Gasteiger partial charge on any atom is -0.497 e. The number of benzene rings is 3. The third-order valence-corrected chi connectivity index (χ3v) is 5.18. The molecule has 0 saturated carbocycles. The van der Waals surface area contributed by atoms with Gasteiger partial charge in [0, 0.05) is 40.5 Å². The van der Waals surface area contributed by atoms with E-state index in [0.29, 0.717) is 22.7 Å². The standard InChI is InChI=1S/C26H24N2O3/c1-16-8-10-18(11-9-16)22-6-5-7-23-24(12-17(2)27-25(22)23)26(29)28-19-13-20(30-3)15-21(14-19)31-4/h5-15H,1-4H3,(H,28,29). The molecule has 0 radical (unpaired) electrons. The highest BCUT2D eigenvalue weighted by Gasteiger charge is 2.16. The zero-order chi connectivity index (χ0) is 22.0. The molecule has 5 heteroatoms. The largest absolute Gasteiger partial charge is 0.497 e. The Bertz CT molecular complexity index is 1240. The van der Waals surface area contributed by atoms with Gasteiger partial charge in [-0.2, -0.15) is 0 Å². The number of rotatable bonds is 5. The van der Waals surface area contributed by atoms with E-state index in [1.54, 1.807) is 32.4 Å². The van der Waals surface area contributed by atoms with Crippen LogP contribution >= 0.6 is 0 Å². The minimum atomic E-state index is -0.216. The number of ether oxygens (including phenoxy) is 2.